The van der Waals surface area contributed by atoms with Crippen LogP contribution in [0.3, 0.4) is 0 Å². The molecule has 0 aliphatic heterocycles. The van der Waals surface area contributed by atoms with Crippen LogP contribution in [0.5, 0.6) is 0 Å². The van der Waals surface area contributed by atoms with E-state index in [4.69, 9.17) is 16.3 Å². The maximum Gasteiger partial charge on any atom is 0.110 e. The molecule has 0 saturated carbocycles. The molecule has 1 aromatic carbocycles. The highest BCUT2D eigenvalue weighted by molar-refractivity contribution is 7.16. The number of benzene rings is 1. The smallest absolute Gasteiger partial charge is 0.110 e. The lowest BCUT2D eigenvalue weighted by atomic mass is 10.0. The Balaban J connectivity index is 2.65. The summed E-state index contributed by atoms with van der Waals surface area (Å²) in [5.74, 6) is 0. The van der Waals surface area contributed by atoms with Gasteiger partial charge in [0.25, 0.3) is 0 Å². The van der Waals surface area contributed by atoms with Gasteiger partial charge in [0.2, 0.25) is 0 Å². The third-order valence-corrected chi connectivity index (χ3v) is 3.58. The predicted molar refractivity (Wildman–Crippen MR) is 68.3 cm³/mol. The molecule has 0 radical (unpaired) electrons. The predicted octanol–water partition coefficient (Wildman–Crippen LogP) is 3.05. The zero-order valence-electron chi connectivity index (χ0n) is 9.19. The molecule has 0 aliphatic rings. The van der Waals surface area contributed by atoms with Crippen LogP contribution in [0.15, 0.2) is 24.3 Å². The molecule has 0 saturated heterocycles. The zero-order valence-corrected chi connectivity index (χ0v) is 10.0. The van der Waals surface area contributed by atoms with Gasteiger partial charge in [0.1, 0.15) is 17.0 Å². The van der Waals surface area contributed by atoms with Gasteiger partial charge in [0, 0.05) is 10.4 Å². The quantitative estimate of drug-likeness (QED) is 0.777. The maximum atomic E-state index is 9.16. The minimum atomic E-state index is 0.483. The third kappa shape index (κ3) is 1.87. The lowest BCUT2D eigenvalue weighted by Crippen LogP contribution is -1.95. The van der Waals surface area contributed by atoms with E-state index in [0.717, 1.165) is 16.0 Å². The van der Waals surface area contributed by atoms with Crippen LogP contribution in [0, 0.1) is 29.6 Å². The van der Waals surface area contributed by atoms with Crippen molar-refractivity contribution in [3.8, 4) is 22.6 Å². The summed E-state index contributed by atoms with van der Waals surface area (Å²) in [6.45, 7) is 1.87. The first-order chi connectivity index (χ1) is 8.17. The molecular weight excluding hydrogens is 230 g/mol. The molecule has 0 spiro atoms. The number of nitrogens with two attached hydrogens (primary N) is 1. The van der Waals surface area contributed by atoms with Crippen LogP contribution < -0.4 is 5.73 Å². The Morgan fingerprint density at radius 2 is 1.88 bits per heavy atom. The highest BCUT2D eigenvalue weighted by atomic mass is 32.1. The summed E-state index contributed by atoms with van der Waals surface area (Å²) in [5.41, 5.74) is 8.57. The Morgan fingerprint density at radius 1 is 1.12 bits per heavy atom. The number of anilines is 1. The topological polar surface area (TPSA) is 73.6 Å². The second kappa shape index (κ2) is 4.29. The highest BCUT2D eigenvalue weighted by Crippen LogP contribution is 2.33. The number of nitrogens with zero attached hydrogens (tertiary/aromatic N) is 2. The Labute approximate surface area is 103 Å². The molecule has 3 nitrogen and oxygen atoms in total. The molecule has 2 N–H and O–H groups in total. The van der Waals surface area contributed by atoms with Crippen molar-refractivity contribution in [2.45, 2.75) is 6.92 Å². The van der Waals surface area contributed by atoms with E-state index in [1.165, 1.54) is 11.3 Å². The summed E-state index contributed by atoms with van der Waals surface area (Å²) in [4.78, 5) is 1.52. The average Bonchev–Trinajstić information content (AvgIpc) is 2.81. The Morgan fingerprint density at radius 3 is 2.47 bits per heavy atom. The zero-order chi connectivity index (χ0) is 12.4. The van der Waals surface area contributed by atoms with E-state index in [1.807, 2.05) is 25.1 Å². The lowest BCUT2D eigenvalue weighted by Gasteiger charge is -2.06. The van der Waals surface area contributed by atoms with E-state index in [9.17, 15) is 0 Å². The number of nitriles is 2. The van der Waals surface area contributed by atoms with E-state index in [-0.39, 0.29) is 0 Å². The fourth-order valence-electron chi connectivity index (χ4n) is 1.59. The molecule has 1 aromatic heterocycles. The van der Waals surface area contributed by atoms with Crippen molar-refractivity contribution in [3.63, 3.8) is 0 Å². The molecule has 0 bridgehead atoms. The van der Waals surface area contributed by atoms with E-state index in [1.54, 1.807) is 6.07 Å². The van der Waals surface area contributed by atoms with Gasteiger partial charge in [0.05, 0.1) is 11.3 Å². The van der Waals surface area contributed by atoms with Gasteiger partial charge in [-0.2, -0.15) is 10.5 Å². The van der Waals surface area contributed by atoms with Gasteiger partial charge in [-0.05, 0) is 24.6 Å². The number of aryl methyl sites for hydroxylation is 1. The van der Waals surface area contributed by atoms with Crippen molar-refractivity contribution < 1.29 is 0 Å². The van der Waals surface area contributed by atoms with Crippen molar-refractivity contribution in [2.75, 3.05) is 5.73 Å². The number of hydrogen-bond acceptors (Lipinski definition) is 4. The van der Waals surface area contributed by atoms with Crippen molar-refractivity contribution in [1.82, 2.24) is 0 Å². The number of thiophene rings is 1. The molecule has 82 valence electrons. The summed E-state index contributed by atoms with van der Waals surface area (Å²) in [6.07, 6.45) is 0. The molecule has 0 amide bonds. The van der Waals surface area contributed by atoms with Crippen LogP contribution in [-0.2, 0) is 0 Å². The van der Waals surface area contributed by atoms with Gasteiger partial charge in [0.15, 0.2) is 0 Å². The second-order valence-corrected chi connectivity index (χ2v) is 4.69. The van der Waals surface area contributed by atoms with Gasteiger partial charge < -0.3 is 5.73 Å². The third-order valence-electron chi connectivity index (χ3n) is 2.56. The first kappa shape index (κ1) is 11.2. The molecular formula is C13H9N3S. The van der Waals surface area contributed by atoms with Crippen LogP contribution in [0.4, 0.5) is 5.69 Å². The van der Waals surface area contributed by atoms with Gasteiger partial charge in [-0.1, -0.05) is 12.1 Å². The molecule has 1 heterocycles. The van der Waals surface area contributed by atoms with Crippen LogP contribution in [0.25, 0.3) is 10.4 Å². The van der Waals surface area contributed by atoms with Crippen molar-refractivity contribution in [2.24, 2.45) is 0 Å². The Hall–Kier alpha value is -2.30. The monoisotopic (exact) mass is 239 g/mol. The van der Waals surface area contributed by atoms with Crippen LogP contribution in [0.2, 0.25) is 0 Å². The molecule has 2 rings (SSSR count). The molecule has 0 unspecified atom stereocenters. The number of rotatable bonds is 1. The summed E-state index contributed by atoms with van der Waals surface area (Å²) < 4.78 is 0. The fraction of sp³-hybridized carbons (Fsp3) is 0.0769. The van der Waals surface area contributed by atoms with E-state index < -0.39 is 0 Å². The van der Waals surface area contributed by atoms with Gasteiger partial charge >= 0.3 is 0 Å². The van der Waals surface area contributed by atoms with Crippen LogP contribution >= 0.6 is 11.3 Å². The Kier molecular flexibility index (Phi) is 2.82. The van der Waals surface area contributed by atoms with Crippen molar-refractivity contribution >= 4 is 17.0 Å². The van der Waals surface area contributed by atoms with Gasteiger partial charge in [-0.15, -0.1) is 11.3 Å². The molecule has 4 heteroatoms. The normalized spacial score (nSPS) is 9.59. The number of hydrogen-bond donors (Lipinski definition) is 1. The summed E-state index contributed by atoms with van der Waals surface area (Å²) in [5, 5.41) is 18.0. The Bertz CT molecular complexity index is 656. The van der Waals surface area contributed by atoms with Crippen LogP contribution in [-0.4, -0.2) is 0 Å². The highest BCUT2D eigenvalue weighted by Gasteiger charge is 2.12. The maximum absolute atomic E-state index is 9.16. The molecule has 0 atom stereocenters. The standard InChI is InChI=1S/C13H9N3S/c1-8-2-4-10(11(7-15)13(8)16)12-5-3-9(6-14)17-12/h2-5H,16H2,1H3. The van der Waals surface area contributed by atoms with E-state index in [0.29, 0.717) is 16.1 Å². The summed E-state index contributed by atoms with van der Waals surface area (Å²) in [7, 11) is 0. The first-order valence-electron chi connectivity index (χ1n) is 4.97. The largest absolute Gasteiger partial charge is 0.397 e. The average molecular weight is 239 g/mol. The molecule has 0 aliphatic carbocycles. The summed E-state index contributed by atoms with van der Waals surface area (Å²) >= 11 is 1.36. The minimum absolute atomic E-state index is 0.483. The van der Waals surface area contributed by atoms with E-state index in [2.05, 4.69) is 12.1 Å². The van der Waals surface area contributed by atoms with Crippen molar-refractivity contribution in [1.29, 1.82) is 10.5 Å². The van der Waals surface area contributed by atoms with E-state index >= 15 is 0 Å². The van der Waals surface area contributed by atoms with Gasteiger partial charge in [-0.25, -0.2) is 0 Å². The second-order valence-electron chi connectivity index (χ2n) is 3.61. The fourth-order valence-corrected chi connectivity index (χ4v) is 2.43. The number of nitrogen functional groups attached to an aromatic ring is 1. The summed E-state index contributed by atoms with van der Waals surface area (Å²) in [6, 6.07) is 11.6. The minimum Gasteiger partial charge on any atom is -0.397 e. The molecule has 2 aromatic rings. The SMILES string of the molecule is Cc1ccc(-c2ccc(C#N)s2)c(C#N)c1N. The van der Waals surface area contributed by atoms with Gasteiger partial charge in [-0.3, -0.25) is 0 Å². The van der Waals surface area contributed by atoms with Crippen LogP contribution in [0.1, 0.15) is 16.0 Å². The molecule has 0 fully saturated rings. The lowest BCUT2D eigenvalue weighted by molar-refractivity contribution is 1.42. The van der Waals surface area contributed by atoms with Crippen molar-refractivity contribution in [3.05, 3.63) is 40.3 Å². The molecule has 17 heavy (non-hydrogen) atoms. The first-order valence-corrected chi connectivity index (χ1v) is 5.78.